The van der Waals surface area contributed by atoms with Crippen LogP contribution < -0.4 is 0 Å². The monoisotopic (exact) mass is 231 g/mol. The fourth-order valence-electron chi connectivity index (χ4n) is 1.53. The van der Waals surface area contributed by atoms with E-state index >= 15 is 0 Å². The van der Waals surface area contributed by atoms with Gasteiger partial charge in [0.1, 0.15) is 0 Å². The lowest BCUT2D eigenvalue weighted by molar-refractivity contribution is -0.905. The van der Waals surface area contributed by atoms with E-state index in [1.165, 1.54) is 43.8 Å². The average Bonchev–Trinajstić information content (AvgIpc) is 2.22. The molecule has 0 unspecified atom stereocenters. The second kappa shape index (κ2) is 6.58. The molecule has 0 amide bonds. The highest BCUT2D eigenvalue weighted by molar-refractivity contribution is 4.50. The second-order valence-electron chi connectivity index (χ2n) is 6.29. The molecule has 0 aromatic carbocycles. The van der Waals surface area contributed by atoms with Crippen molar-refractivity contribution in [2.24, 2.45) is 0 Å². The number of likely N-dealkylation sites (N-methyl/N-ethyl adjacent to an activating group) is 3. The third-order valence-electron chi connectivity index (χ3n) is 3.70. The molecule has 0 rings (SSSR count). The van der Waals surface area contributed by atoms with Gasteiger partial charge in [0.2, 0.25) is 0 Å². The maximum Gasteiger partial charge on any atom is 0.0913 e. The quantitative estimate of drug-likeness (QED) is 0.566. The molecule has 0 spiro atoms. The zero-order chi connectivity index (χ0) is 12.8. The van der Waals surface area contributed by atoms with Gasteiger partial charge in [0.15, 0.2) is 0 Å². The Morgan fingerprint density at radius 2 is 1.25 bits per heavy atom. The minimum atomic E-state index is 1.05. The lowest BCUT2D eigenvalue weighted by atomic mass is 10.3. The van der Waals surface area contributed by atoms with Gasteiger partial charge in [-0.3, -0.25) is 4.90 Å². The first kappa shape index (κ1) is 15.9. The molecular weight excluding hydrogens is 198 g/mol. The van der Waals surface area contributed by atoms with Crippen LogP contribution >= 0.6 is 0 Å². The first-order valence-corrected chi connectivity index (χ1v) is 6.55. The Labute approximate surface area is 103 Å². The van der Waals surface area contributed by atoms with Crippen LogP contribution in [-0.4, -0.2) is 88.4 Å². The van der Waals surface area contributed by atoms with Crippen LogP contribution in [-0.2, 0) is 0 Å². The topological polar surface area (TPSA) is 3.24 Å². The molecular formula is C13H33N3+2. The number of quaternary nitrogens is 2. The van der Waals surface area contributed by atoms with Crippen LogP contribution in [0.1, 0.15) is 13.8 Å². The summed E-state index contributed by atoms with van der Waals surface area (Å²) >= 11 is 0. The fraction of sp³-hybridized carbons (Fsp3) is 1.00. The summed E-state index contributed by atoms with van der Waals surface area (Å²) < 4.78 is 2.24. The molecule has 0 aliphatic heterocycles. The van der Waals surface area contributed by atoms with Crippen molar-refractivity contribution < 1.29 is 8.97 Å². The number of hydrogen-bond donors (Lipinski definition) is 0. The highest BCUT2D eigenvalue weighted by Crippen LogP contribution is 2.01. The Hall–Kier alpha value is -0.120. The molecule has 0 bridgehead atoms. The molecule has 0 N–H and O–H groups in total. The van der Waals surface area contributed by atoms with Crippen molar-refractivity contribution in [1.82, 2.24) is 4.90 Å². The maximum absolute atomic E-state index is 2.46. The highest BCUT2D eigenvalue weighted by atomic mass is 15.3. The van der Waals surface area contributed by atoms with Gasteiger partial charge in [-0.2, -0.15) is 0 Å². The lowest BCUT2D eigenvalue weighted by Gasteiger charge is -2.34. The van der Waals surface area contributed by atoms with Crippen molar-refractivity contribution >= 4 is 0 Å². The van der Waals surface area contributed by atoms with Crippen LogP contribution in [0.15, 0.2) is 0 Å². The lowest BCUT2D eigenvalue weighted by Crippen LogP contribution is -2.49. The average molecular weight is 231 g/mol. The largest absolute Gasteiger partial charge is 0.330 e. The molecule has 0 heterocycles. The molecule has 0 aliphatic carbocycles. The minimum absolute atomic E-state index is 1.05. The van der Waals surface area contributed by atoms with Gasteiger partial charge >= 0.3 is 0 Å². The fourth-order valence-corrected chi connectivity index (χ4v) is 1.53. The number of rotatable bonds is 8. The van der Waals surface area contributed by atoms with Crippen LogP contribution in [0, 0.1) is 0 Å². The van der Waals surface area contributed by atoms with E-state index < -0.39 is 0 Å². The molecule has 0 aliphatic rings. The van der Waals surface area contributed by atoms with E-state index in [9.17, 15) is 0 Å². The zero-order valence-corrected chi connectivity index (χ0v) is 12.6. The molecule has 98 valence electrons. The highest BCUT2D eigenvalue weighted by Gasteiger charge is 2.17. The smallest absolute Gasteiger partial charge is 0.0913 e. The van der Waals surface area contributed by atoms with Gasteiger partial charge in [-0.15, -0.1) is 0 Å². The van der Waals surface area contributed by atoms with E-state index in [4.69, 9.17) is 0 Å². The Morgan fingerprint density at radius 1 is 0.812 bits per heavy atom. The van der Waals surface area contributed by atoms with E-state index in [0.29, 0.717) is 0 Å². The van der Waals surface area contributed by atoms with Crippen molar-refractivity contribution in [2.75, 3.05) is 74.5 Å². The summed E-state index contributed by atoms with van der Waals surface area (Å²) in [6.45, 7) is 11.9. The standard InChI is InChI=1S/C13H33N3/c1-8-16(7,9-2)13-11-14(3)10-12-15(4,5)6/h8-13H2,1-7H3/q+2. The van der Waals surface area contributed by atoms with Crippen molar-refractivity contribution in [3.05, 3.63) is 0 Å². The third kappa shape index (κ3) is 7.20. The third-order valence-corrected chi connectivity index (χ3v) is 3.70. The van der Waals surface area contributed by atoms with Gasteiger partial charge in [0.05, 0.1) is 54.4 Å². The van der Waals surface area contributed by atoms with Gasteiger partial charge in [-0.25, -0.2) is 0 Å². The van der Waals surface area contributed by atoms with Gasteiger partial charge in [-0.05, 0) is 20.9 Å². The predicted octanol–water partition coefficient (Wildman–Crippen LogP) is 1.11. The number of nitrogens with zero attached hydrogens (tertiary/aromatic N) is 3. The van der Waals surface area contributed by atoms with Crippen LogP contribution in [0.25, 0.3) is 0 Å². The first-order chi connectivity index (χ1) is 7.22. The van der Waals surface area contributed by atoms with Crippen LogP contribution in [0.2, 0.25) is 0 Å². The molecule has 3 nitrogen and oxygen atoms in total. The van der Waals surface area contributed by atoms with Crippen LogP contribution in [0.5, 0.6) is 0 Å². The SMILES string of the molecule is CC[N+](C)(CC)CCN(C)CC[N+](C)(C)C. The molecule has 0 radical (unpaired) electrons. The van der Waals surface area contributed by atoms with Gasteiger partial charge < -0.3 is 8.97 Å². The summed E-state index contributed by atoms with van der Waals surface area (Å²) in [5.74, 6) is 0. The Morgan fingerprint density at radius 3 is 1.62 bits per heavy atom. The number of hydrogen-bond acceptors (Lipinski definition) is 1. The molecule has 0 aromatic rings. The van der Waals surface area contributed by atoms with Gasteiger partial charge in [0.25, 0.3) is 0 Å². The molecule has 0 atom stereocenters. The normalized spacial score (nSPS) is 13.5. The van der Waals surface area contributed by atoms with Crippen molar-refractivity contribution in [2.45, 2.75) is 13.8 Å². The summed E-state index contributed by atoms with van der Waals surface area (Å²) in [5, 5.41) is 0. The Bertz CT molecular complexity index is 180. The summed E-state index contributed by atoms with van der Waals surface area (Å²) in [6.07, 6.45) is 0. The zero-order valence-electron chi connectivity index (χ0n) is 12.6. The van der Waals surface area contributed by atoms with Crippen LogP contribution in [0.4, 0.5) is 0 Å². The summed E-state index contributed by atoms with van der Waals surface area (Å²) in [4.78, 5) is 2.46. The van der Waals surface area contributed by atoms with Crippen molar-refractivity contribution in [3.8, 4) is 0 Å². The first-order valence-electron chi connectivity index (χ1n) is 6.55. The maximum atomic E-state index is 2.46. The Kier molecular flexibility index (Phi) is 6.53. The van der Waals surface area contributed by atoms with E-state index in [0.717, 1.165) is 4.48 Å². The minimum Gasteiger partial charge on any atom is -0.330 e. The molecule has 0 aromatic heterocycles. The summed E-state index contributed by atoms with van der Waals surface area (Å²) in [5.41, 5.74) is 0. The summed E-state index contributed by atoms with van der Waals surface area (Å²) in [7, 11) is 11.4. The van der Waals surface area contributed by atoms with E-state index in [-0.39, 0.29) is 0 Å². The second-order valence-corrected chi connectivity index (χ2v) is 6.29. The van der Waals surface area contributed by atoms with E-state index in [1.807, 2.05) is 0 Å². The predicted molar refractivity (Wildman–Crippen MR) is 72.5 cm³/mol. The molecule has 16 heavy (non-hydrogen) atoms. The van der Waals surface area contributed by atoms with Crippen LogP contribution in [0.3, 0.4) is 0 Å². The van der Waals surface area contributed by atoms with Crippen molar-refractivity contribution in [1.29, 1.82) is 0 Å². The molecule has 0 saturated heterocycles. The van der Waals surface area contributed by atoms with Crippen molar-refractivity contribution in [3.63, 3.8) is 0 Å². The van der Waals surface area contributed by atoms with Gasteiger partial charge in [-0.1, -0.05) is 0 Å². The van der Waals surface area contributed by atoms with E-state index in [2.05, 4.69) is 54.0 Å². The Balaban J connectivity index is 3.85. The molecule has 3 heteroatoms. The van der Waals surface area contributed by atoms with E-state index in [1.54, 1.807) is 0 Å². The summed E-state index contributed by atoms with van der Waals surface area (Å²) in [6, 6.07) is 0. The van der Waals surface area contributed by atoms with Gasteiger partial charge in [0, 0.05) is 13.1 Å². The molecule has 0 fully saturated rings. The molecule has 0 saturated carbocycles.